The topological polar surface area (TPSA) is 62.3 Å². The number of amides is 2. The van der Waals surface area contributed by atoms with Crippen LogP contribution in [0.2, 0.25) is 0 Å². The monoisotopic (exact) mass is 233 g/mol. The lowest BCUT2D eigenvalue weighted by atomic mass is 10.1. The molecule has 17 heavy (non-hydrogen) atoms. The normalized spacial score (nSPS) is 20.8. The van der Waals surface area contributed by atoms with Gasteiger partial charge in [0.2, 0.25) is 11.8 Å². The van der Waals surface area contributed by atoms with Crippen LogP contribution in [0.5, 0.6) is 0 Å². The first-order chi connectivity index (χ1) is 8.22. The molecule has 5 heteroatoms. The Morgan fingerprint density at radius 1 is 1.41 bits per heavy atom. The third-order valence-electron chi connectivity index (χ3n) is 2.86. The van der Waals surface area contributed by atoms with Crippen molar-refractivity contribution < 1.29 is 9.59 Å². The van der Waals surface area contributed by atoms with Crippen molar-refractivity contribution in [1.29, 1.82) is 0 Å². The fourth-order valence-electron chi connectivity index (χ4n) is 1.86. The van der Waals surface area contributed by atoms with Gasteiger partial charge in [-0.05, 0) is 24.1 Å². The SMILES string of the molecule is CCC1NCC(=O)N(Cc2ccncc2)C1=O. The molecule has 1 aliphatic rings. The van der Waals surface area contributed by atoms with Crippen molar-refractivity contribution in [3.8, 4) is 0 Å². The van der Waals surface area contributed by atoms with E-state index in [2.05, 4.69) is 10.3 Å². The molecule has 0 aliphatic carbocycles. The molecule has 1 saturated heterocycles. The first-order valence-corrected chi connectivity index (χ1v) is 5.69. The molecule has 1 fully saturated rings. The third-order valence-corrected chi connectivity index (χ3v) is 2.86. The Morgan fingerprint density at radius 2 is 2.12 bits per heavy atom. The van der Waals surface area contributed by atoms with Gasteiger partial charge in [0.1, 0.15) is 0 Å². The van der Waals surface area contributed by atoms with Crippen LogP contribution >= 0.6 is 0 Å². The quantitative estimate of drug-likeness (QED) is 0.764. The Bertz CT molecular complexity index is 419. The third kappa shape index (κ3) is 2.50. The highest BCUT2D eigenvalue weighted by Gasteiger charge is 2.32. The Kier molecular flexibility index (Phi) is 3.49. The van der Waals surface area contributed by atoms with Crippen LogP contribution in [0.3, 0.4) is 0 Å². The number of carbonyl (C=O) groups is 2. The number of imide groups is 1. The molecular formula is C12H15N3O2. The number of hydrogen-bond acceptors (Lipinski definition) is 4. The summed E-state index contributed by atoms with van der Waals surface area (Å²) in [4.78, 5) is 28.9. The van der Waals surface area contributed by atoms with Crippen molar-refractivity contribution in [2.75, 3.05) is 6.54 Å². The molecule has 1 N–H and O–H groups in total. The van der Waals surface area contributed by atoms with E-state index in [9.17, 15) is 9.59 Å². The summed E-state index contributed by atoms with van der Waals surface area (Å²) in [6.45, 7) is 2.49. The van der Waals surface area contributed by atoms with E-state index in [1.54, 1.807) is 12.4 Å². The van der Waals surface area contributed by atoms with Crippen LogP contribution in [-0.2, 0) is 16.1 Å². The maximum absolute atomic E-state index is 12.0. The Labute approximate surface area is 99.8 Å². The summed E-state index contributed by atoms with van der Waals surface area (Å²) < 4.78 is 0. The summed E-state index contributed by atoms with van der Waals surface area (Å²) >= 11 is 0. The number of nitrogens with zero attached hydrogens (tertiary/aromatic N) is 2. The van der Waals surface area contributed by atoms with Gasteiger partial charge in [-0.25, -0.2) is 0 Å². The van der Waals surface area contributed by atoms with Gasteiger partial charge in [0, 0.05) is 12.4 Å². The van der Waals surface area contributed by atoms with Gasteiger partial charge in [-0.2, -0.15) is 0 Å². The minimum absolute atomic E-state index is 0.138. The van der Waals surface area contributed by atoms with Crippen molar-refractivity contribution in [2.45, 2.75) is 25.9 Å². The molecular weight excluding hydrogens is 218 g/mol. The van der Waals surface area contributed by atoms with Crippen molar-refractivity contribution >= 4 is 11.8 Å². The molecule has 5 nitrogen and oxygen atoms in total. The Hall–Kier alpha value is -1.75. The zero-order valence-electron chi connectivity index (χ0n) is 9.72. The molecule has 0 bridgehead atoms. The second-order valence-corrected chi connectivity index (χ2v) is 4.02. The molecule has 0 saturated carbocycles. The smallest absolute Gasteiger partial charge is 0.246 e. The summed E-state index contributed by atoms with van der Waals surface area (Å²) in [6.07, 6.45) is 4.01. The molecule has 0 radical (unpaired) electrons. The predicted molar refractivity (Wildman–Crippen MR) is 61.9 cm³/mol. The Morgan fingerprint density at radius 3 is 2.76 bits per heavy atom. The van der Waals surface area contributed by atoms with E-state index in [0.717, 1.165) is 5.56 Å². The van der Waals surface area contributed by atoms with Gasteiger partial charge in [0.15, 0.2) is 0 Å². The highest BCUT2D eigenvalue weighted by molar-refractivity contribution is 6.01. The number of carbonyl (C=O) groups excluding carboxylic acids is 2. The lowest BCUT2D eigenvalue weighted by molar-refractivity contribution is -0.150. The second-order valence-electron chi connectivity index (χ2n) is 4.02. The molecule has 2 amide bonds. The lowest BCUT2D eigenvalue weighted by Gasteiger charge is -2.31. The van der Waals surface area contributed by atoms with E-state index in [1.807, 2.05) is 19.1 Å². The number of piperazine rings is 1. The molecule has 1 atom stereocenters. The largest absolute Gasteiger partial charge is 0.297 e. The van der Waals surface area contributed by atoms with Gasteiger partial charge in [-0.15, -0.1) is 0 Å². The minimum Gasteiger partial charge on any atom is -0.297 e. The zero-order valence-corrected chi connectivity index (χ0v) is 9.72. The molecule has 1 unspecified atom stereocenters. The number of pyridine rings is 1. The van der Waals surface area contributed by atoms with Gasteiger partial charge in [0.05, 0.1) is 19.1 Å². The van der Waals surface area contributed by atoms with Crippen LogP contribution in [0.15, 0.2) is 24.5 Å². The fourth-order valence-corrected chi connectivity index (χ4v) is 1.86. The lowest BCUT2D eigenvalue weighted by Crippen LogP contribution is -2.57. The molecule has 90 valence electrons. The van der Waals surface area contributed by atoms with Crippen LogP contribution in [0.1, 0.15) is 18.9 Å². The van der Waals surface area contributed by atoms with Crippen molar-refractivity contribution in [1.82, 2.24) is 15.2 Å². The summed E-state index contributed by atoms with van der Waals surface area (Å²) in [5, 5.41) is 2.93. The fraction of sp³-hybridized carbons (Fsp3) is 0.417. The van der Waals surface area contributed by atoms with Crippen molar-refractivity contribution in [3.63, 3.8) is 0 Å². The molecule has 1 aliphatic heterocycles. The zero-order chi connectivity index (χ0) is 12.3. The molecule has 0 aromatic carbocycles. The maximum atomic E-state index is 12.0. The Balaban J connectivity index is 2.13. The van der Waals surface area contributed by atoms with Crippen LogP contribution in [0.25, 0.3) is 0 Å². The standard InChI is InChI=1S/C12H15N3O2/c1-2-10-12(17)15(11(16)7-14-10)8-9-3-5-13-6-4-9/h3-6,10,14H,2,7-8H2,1H3. The second kappa shape index (κ2) is 5.05. The van der Waals surface area contributed by atoms with Gasteiger partial charge >= 0.3 is 0 Å². The first kappa shape index (κ1) is 11.7. The highest BCUT2D eigenvalue weighted by Crippen LogP contribution is 2.10. The highest BCUT2D eigenvalue weighted by atomic mass is 16.2. The molecule has 2 rings (SSSR count). The summed E-state index contributed by atoms with van der Waals surface area (Å²) in [7, 11) is 0. The maximum Gasteiger partial charge on any atom is 0.246 e. The number of aromatic nitrogens is 1. The van der Waals surface area contributed by atoms with Crippen LogP contribution < -0.4 is 5.32 Å². The molecule has 2 heterocycles. The van der Waals surface area contributed by atoms with E-state index in [0.29, 0.717) is 13.0 Å². The van der Waals surface area contributed by atoms with E-state index in [1.165, 1.54) is 4.90 Å². The number of rotatable bonds is 3. The summed E-state index contributed by atoms with van der Waals surface area (Å²) in [5.41, 5.74) is 0.915. The predicted octanol–water partition coefficient (Wildman–Crippen LogP) is 0.319. The van der Waals surface area contributed by atoms with Crippen LogP contribution in [0.4, 0.5) is 0 Å². The average molecular weight is 233 g/mol. The van der Waals surface area contributed by atoms with E-state index in [-0.39, 0.29) is 24.4 Å². The minimum atomic E-state index is -0.241. The van der Waals surface area contributed by atoms with Gasteiger partial charge in [-0.1, -0.05) is 6.92 Å². The van der Waals surface area contributed by atoms with Crippen LogP contribution in [-0.4, -0.2) is 34.3 Å². The molecule has 1 aromatic heterocycles. The van der Waals surface area contributed by atoms with E-state index in [4.69, 9.17) is 0 Å². The van der Waals surface area contributed by atoms with E-state index >= 15 is 0 Å². The molecule has 0 spiro atoms. The summed E-state index contributed by atoms with van der Waals surface area (Å²) in [6, 6.07) is 3.38. The van der Waals surface area contributed by atoms with Gasteiger partial charge in [-0.3, -0.25) is 24.8 Å². The van der Waals surface area contributed by atoms with Gasteiger partial charge < -0.3 is 0 Å². The van der Waals surface area contributed by atoms with Crippen molar-refractivity contribution in [2.24, 2.45) is 0 Å². The number of nitrogens with one attached hydrogen (secondary N) is 1. The number of hydrogen-bond donors (Lipinski definition) is 1. The average Bonchev–Trinajstić information content (AvgIpc) is 2.36. The molecule has 1 aromatic rings. The summed E-state index contributed by atoms with van der Waals surface area (Å²) in [5.74, 6) is -0.308. The first-order valence-electron chi connectivity index (χ1n) is 5.69. The van der Waals surface area contributed by atoms with Crippen LogP contribution in [0, 0.1) is 0 Å². The van der Waals surface area contributed by atoms with Crippen molar-refractivity contribution in [3.05, 3.63) is 30.1 Å². The van der Waals surface area contributed by atoms with Gasteiger partial charge in [0.25, 0.3) is 0 Å². The van der Waals surface area contributed by atoms with E-state index < -0.39 is 0 Å².